The summed E-state index contributed by atoms with van der Waals surface area (Å²) in [6, 6.07) is 0. The maximum atomic E-state index is 11.1. The molecule has 0 radical (unpaired) electrons. The van der Waals surface area contributed by atoms with Crippen LogP contribution in [0.2, 0.25) is 0 Å². The van der Waals surface area contributed by atoms with Crippen molar-refractivity contribution in [2.45, 2.75) is 25.9 Å². The number of nitrogens with two attached hydrogens (primary N) is 1. The van der Waals surface area contributed by atoms with Crippen molar-refractivity contribution >= 4 is 17.5 Å². The molecular formula is C11H18N6O3. The highest BCUT2D eigenvalue weighted by Crippen LogP contribution is 2.28. The van der Waals surface area contributed by atoms with E-state index in [0.717, 1.165) is 12.8 Å². The van der Waals surface area contributed by atoms with Crippen molar-refractivity contribution < 1.29 is 9.66 Å². The summed E-state index contributed by atoms with van der Waals surface area (Å²) in [6.45, 7) is 3.84. The van der Waals surface area contributed by atoms with Crippen molar-refractivity contribution in [3.8, 4) is 0 Å². The second-order valence-electron chi connectivity index (χ2n) is 4.47. The van der Waals surface area contributed by atoms with Crippen LogP contribution in [0.4, 0.5) is 17.5 Å². The molecule has 0 aliphatic carbocycles. The summed E-state index contributed by atoms with van der Waals surface area (Å²) in [7, 11) is 0. The zero-order valence-corrected chi connectivity index (χ0v) is 11.3. The van der Waals surface area contributed by atoms with Gasteiger partial charge in [0.1, 0.15) is 6.20 Å². The van der Waals surface area contributed by atoms with Gasteiger partial charge in [-0.25, -0.2) is 10.8 Å². The van der Waals surface area contributed by atoms with E-state index < -0.39 is 4.92 Å². The predicted molar refractivity (Wildman–Crippen MR) is 73.4 cm³/mol. The van der Waals surface area contributed by atoms with Gasteiger partial charge in [-0.2, -0.15) is 4.98 Å². The monoisotopic (exact) mass is 282 g/mol. The average Bonchev–Trinajstić information content (AvgIpc) is 2.47. The quantitative estimate of drug-likeness (QED) is 0.459. The molecule has 1 aliphatic heterocycles. The first-order valence-corrected chi connectivity index (χ1v) is 6.50. The van der Waals surface area contributed by atoms with E-state index in [9.17, 15) is 10.1 Å². The number of hydrogen-bond donors (Lipinski definition) is 2. The Bertz CT molecular complexity index is 481. The molecule has 3 N–H and O–H groups in total. The van der Waals surface area contributed by atoms with Crippen molar-refractivity contribution in [1.82, 2.24) is 9.97 Å². The van der Waals surface area contributed by atoms with Crippen LogP contribution in [0.3, 0.4) is 0 Å². The number of nitro groups is 1. The van der Waals surface area contributed by atoms with E-state index in [2.05, 4.69) is 15.4 Å². The van der Waals surface area contributed by atoms with Crippen LogP contribution in [0.15, 0.2) is 6.20 Å². The molecule has 0 amide bonds. The van der Waals surface area contributed by atoms with Crippen LogP contribution in [0.1, 0.15) is 19.8 Å². The highest BCUT2D eigenvalue weighted by Gasteiger charge is 2.27. The molecule has 0 spiro atoms. The Morgan fingerprint density at radius 2 is 2.50 bits per heavy atom. The number of aromatic nitrogens is 2. The van der Waals surface area contributed by atoms with Crippen LogP contribution < -0.4 is 16.2 Å². The number of nitrogen functional groups attached to an aromatic ring is 1. The average molecular weight is 282 g/mol. The second kappa shape index (κ2) is 6.44. The Labute approximate surface area is 116 Å². The van der Waals surface area contributed by atoms with Crippen LogP contribution in [-0.2, 0) is 4.74 Å². The lowest BCUT2D eigenvalue weighted by molar-refractivity contribution is -0.384. The third-order valence-electron chi connectivity index (χ3n) is 3.16. The zero-order valence-electron chi connectivity index (χ0n) is 11.3. The van der Waals surface area contributed by atoms with Gasteiger partial charge in [-0.1, -0.05) is 0 Å². The molecular weight excluding hydrogens is 264 g/mol. The summed E-state index contributed by atoms with van der Waals surface area (Å²) in [5.41, 5.74) is 2.18. The summed E-state index contributed by atoms with van der Waals surface area (Å²) in [5.74, 6) is 5.70. The molecule has 1 aromatic heterocycles. The summed E-state index contributed by atoms with van der Waals surface area (Å²) >= 11 is 0. The number of nitrogens with zero attached hydrogens (tertiary/aromatic N) is 4. The molecule has 9 nitrogen and oxygen atoms in total. The fourth-order valence-corrected chi connectivity index (χ4v) is 2.30. The van der Waals surface area contributed by atoms with E-state index in [4.69, 9.17) is 10.6 Å². The molecule has 1 atom stereocenters. The van der Waals surface area contributed by atoms with Gasteiger partial charge in [-0.15, -0.1) is 0 Å². The van der Waals surface area contributed by atoms with Crippen LogP contribution >= 0.6 is 0 Å². The van der Waals surface area contributed by atoms with Gasteiger partial charge in [0.05, 0.1) is 11.0 Å². The number of hydrogen-bond acceptors (Lipinski definition) is 8. The number of rotatable bonds is 5. The van der Waals surface area contributed by atoms with Crippen molar-refractivity contribution in [2.24, 2.45) is 5.84 Å². The number of ether oxygens (including phenoxy) is 1. The lowest BCUT2D eigenvalue weighted by atomic mass is 10.1. The van der Waals surface area contributed by atoms with Crippen molar-refractivity contribution in [1.29, 1.82) is 0 Å². The first-order valence-electron chi connectivity index (χ1n) is 6.50. The van der Waals surface area contributed by atoms with Gasteiger partial charge < -0.3 is 9.64 Å². The molecule has 2 heterocycles. The molecule has 0 saturated carbocycles. The molecule has 1 unspecified atom stereocenters. The number of piperidine rings is 1. The number of anilines is 2. The first kappa shape index (κ1) is 14.4. The fourth-order valence-electron chi connectivity index (χ4n) is 2.30. The molecule has 1 saturated heterocycles. The minimum absolute atomic E-state index is 0.0672. The van der Waals surface area contributed by atoms with Gasteiger partial charge >= 0.3 is 5.69 Å². The predicted octanol–water partition coefficient (Wildman–Crippen LogP) is 0.676. The minimum Gasteiger partial charge on any atom is -0.377 e. The maximum absolute atomic E-state index is 11.1. The Morgan fingerprint density at radius 3 is 3.15 bits per heavy atom. The van der Waals surface area contributed by atoms with Gasteiger partial charge in [0.25, 0.3) is 0 Å². The van der Waals surface area contributed by atoms with Crippen molar-refractivity contribution in [3.05, 3.63) is 16.3 Å². The topological polar surface area (TPSA) is 119 Å². The molecule has 1 aromatic rings. The van der Waals surface area contributed by atoms with E-state index in [1.54, 1.807) is 0 Å². The molecule has 2 rings (SSSR count). The van der Waals surface area contributed by atoms with Crippen molar-refractivity contribution in [3.63, 3.8) is 0 Å². The van der Waals surface area contributed by atoms with Gasteiger partial charge in [-0.05, 0) is 19.8 Å². The third-order valence-corrected chi connectivity index (χ3v) is 3.16. The SMILES string of the molecule is CCOC1CCCN(c2nc(NN)ncc2[N+](=O)[O-])C1. The molecule has 110 valence electrons. The van der Waals surface area contributed by atoms with Crippen molar-refractivity contribution in [2.75, 3.05) is 30.0 Å². The Morgan fingerprint density at radius 1 is 1.70 bits per heavy atom. The summed E-state index contributed by atoms with van der Waals surface area (Å²) in [5, 5.41) is 11.1. The molecule has 9 heteroatoms. The highest BCUT2D eigenvalue weighted by molar-refractivity contribution is 5.59. The van der Waals surface area contributed by atoms with E-state index in [1.807, 2.05) is 11.8 Å². The summed E-state index contributed by atoms with van der Waals surface area (Å²) < 4.78 is 5.60. The lowest BCUT2D eigenvalue weighted by Crippen LogP contribution is -2.40. The maximum Gasteiger partial charge on any atom is 0.329 e. The van der Waals surface area contributed by atoms with Crippen LogP contribution in [-0.4, -0.2) is 40.7 Å². The smallest absolute Gasteiger partial charge is 0.329 e. The normalized spacial score (nSPS) is 18.9. The molecule has 0 aromatic carbocycles. The van der Waals surface area contributed by atoms with Crippen LogP contribution in [0, 0.1) is 10.1 Å². The van der Waals surface area contributed by atoms with Gasteiger partial charge in [-0.3, -0.25) is 15.5 Å². The standard InChI is InChI=1S/C11H18N6O3/c1-2-20-8-4-3-5-16(7-8)10-9(17(18)19)6-13-11(14-10)15-12/h6,8H,2-5,7,12H2,1H3,(H,13,14,15). The van der Waals surface area contributed by atoms with Crippen LogP contribution in [0.5, 0.6) is 0 Å². The van der Waals surface area contributed by atoms with E-state index >= 15 is 0 Å². The van der Waals surface area contributed by atoms with E-state index in [1.165, 1.54) is 6.20 Å². The van der Waals surface area contributed by atoms with E-state index in [-0.39, 0.29) is 23.6 Å². The number of nitrogens with one attached hydrogen (secondary N) is 1. The van der Waals surface area contributed by atoms with E-state index in [0.29, 0.717) is 19.7 Å². The summed E-state index contributed by atoms with van der Waals surface area (Å²) in [4.78, 5) is 20.3. The second-order valence-corrected chi connectivity index (χ2v) is 4.47. The van der Waals surface area contributed by atoms with Crippen LogP contribution in [0.25, 0.3) is 0 Å². The van der Waals surface area contributed by atoms with Gasteiger partial charge in [0, 0.05) is 19.7 Å². The minimum atomic E-state index is -0.486. The Balaban J connectivity index is 2.27. The summed E-state index contributed by atoms with van der Waals surface area (Å²) in [6.07, 6.45) is 3.09. The fraction of sp³-hybridized carbons (Fsp3) is 0.636. The molecule has 1 fully saturated rings. The Hall–Kier alpha value is -2.00. The van der Waals surface area contributed by atoms with Gasteiger partial charge in [0.15, 0.2) is 0 Å². The highest BCUT2D eigenvalue weighted by atomic mass is 16.6. The number of hydrazine groups is 1. The largest absolute Gasteiger partial charge is 0.377 e. The molecule has 20 heavy (non-hydrogen) atoms. The third kappa shape index (κ3) is 3.11. The first-order chi connectivity index (χ1) is 9.65. The molecule has 0 bridgehead atoms. The lowest BCUT2D eigenvalue weighted by Gasteiger charge is -2.32. The van der Waals surface area contributed by atoms with Gasteiger partial charge in [0.2, 0.25) is 11.8 Å². The Kier molecular flexibility index (Phi) is 4.64. The zero-order chi connectivity index (χ0) is 14.5. The molecule has 1 aliphatic rings.